The van der Waals surface area contributed by atoms with Gasteiger partial charge in [0.25, 0.3) is 6.71 Å². The van der Waals surface area contributed by atoms with Crippen molar-refractivity contribution in [2.45, 2.75) is 0 Å². The lowest BCUT2D eigenvalue weighted by Crippen LogP contribution is -2.61. The van der Waals surface area contributed by atoms with E-state index in [1.54, 1.807) is 0 Å². The van der Waals surface area contributed by atoms with E-state index in [0.29, 0.717) is 0 Å². The molecule has 0 aliphatic carbocycles. The fourth-order valence-electron chi connectivity index (χ4n) is 9.42. The quantitative estimate of drug-likeness (QED) is 0.170. The summed E-state index contributed by atoms with van der Waals surface area (Å²) in [5, 5.41) is 3.75. The zero-order chi connectivity index (χ0) is 36.0. The summed E-state index contributed by atoms with van der Waals surface area (Å²) in [4.78, 5) is 4.97. The molecule has 0 saturated carbocycles. The summed E-state index contributed by atoms with van der Waals surface area (Å²) >= 11 is 0. The van der Waals surface area contributed by atoms with Crippen LogP contribution in [0.15, 0.2) is 200 Å². The Morgan fingerprint density at radius 1 is 0.345 bits per heavy atom. The average molecular weight is 701 g/mol. The molecular weight excluding hydrogens is 667 g/mol. The summed E-state index contributed by atoms with van der Waals surface area (Å²) in [6, 6.07) is 71.1. The highest BCUT2D eigenvalue weighted by atomic mass is 15.2. The van der Waals surface area contributed by atoms with Crippen molar-refractivity contribution in [3.63, 3.8) is 0 Å². The summed E-state index contributed by atoms with van der Waals surface area (Å²) in [6.45, 7) is -0.000350. The molecule has 0 unspecified atom stereocenters. The van der Waals surface area contributed by atoms with Crippen molar-refractivity contribution in [3.8, 4) is 11.4 Å². The van der Waals surface area contributed by atoms with Gasteiger partial charge in [0, 0.05) is 62.5 Å². The highest BCUT2D eigenvalue weighted by Gasteiger charge is 2.43. The Morgan fingerprint density at radius 3 is 1.56 bits per heavy atom. The monoisotopic (exact) mass is 700 g/mol. The molecule has 0 fully saturated rings. The smallest absolute Gasteiger partial charge is 0.252 e. The molecule has 2 aliphatic heterocycles. The van der Waals surface area contributed by atoms with E-state index in [1.165, 1.54) is 71.8 Å². The summed E-state index contributed by atoms with van der Waals surface area (Å²) in [5.41, 5.74) is 16.8. The molecule has 5 heteroatoms. The molecule has 2 aliphatic rings. The van der Waals surface area contributed by atoms with Crippen LogP contribution >= 0.6 is 0 Å². The maximum Gasteiger partial charge on any atom is 0.252 e. The molecule has 0 spiro atoms. The van der Waals surface area contributed by atoms with Crippen molar-refractivity contribution >= 4 is 89.9 Å². The minimum absolute atomic E-state index is 0.000350. The van der Waals surface area contributed by atoms with Crippen LogP contribution in [0.4, 0.5) is 34.1 Å². The number of para-hydroxylation sites is 6. The molecule has 0 N–H and O–H groups in total. The number of hydrogen-bond donors (Lipinski definition) is 0. The van der Waals surface area contributed by atoms with Gasteiger partial charge in [-0.3, -0.25) is 0 Å². The van der Waals surface area contributed by atoms with E-state index in [4.69, 9.17) is 0 Å². The van der Waals surface area contributed by atoms with E-state index < -0.39 is 0 Å². The van der Waals surface area contributed by atoms with Gasteiger partial charge < -0.3 is 18.9 Å². The molecule has 0 saturated heterocycles. The van der Waals surface area contributed by atoms with Crippen LogP contribution in [0.3, 0.4) is 0 Å². The van der Waals surface area contributed by atoms with Gasteiger partial charge in [-0.15, -0.1) is 0 Å². The van der Waals surface area contributed by atoms with Gasteiger partial charge >= 0.3 is 0 Å². The minimum Gasteiger partial charge on any atom is -0.316 e. The molecule has 256 valence electrons. The van der Waals surface area contributed by atoms with E-state index in [2.05, 4.69) is 219 Å². The SMILES string of the molecule is c1ccc(N2c3ccccc3B3c4cc(-n5c6ccccc6c6ccccc65)ccc4N(c4ccccc4)c4cc(-n5ccc6ccccc65)cc2c43)cc1. The van der Waals surface area contributed by atoms with Crippen LogP contribution in [0.1, 0.15) is 0 Å². The molecule has 0 radical (unpaired) electrons. The van der Waals surface area contributed by atoms with Gasteiger partial charge in [0.2, 0.25) is 0 Å². The van der Waals surface area contributed by atoms with Gasteiger partial charge in [0.1, 0.15) is 0 Å². The molecule has 55 heavy (non-hydrogen) atoms. The number of rotatable bonds is 4. The first-order chi connectivity index (χ1) is 27.3. The van der Waals surface area contributed by atoms with Crippen LogP contribution in [0.5, 0.6) is 0 Å². The zero-order valence-electron chi connectivity index (χ0n) is 29.9. The van der Waals surface area contributed by atoms with Crippen LogP contribution in [0.25, 0.3) is 44.1 Å². The van der Waals surface area contributed by atoms with Crippen LogP contribution in [0.2, 0.25) is 0 Å². The van der Waals surface area contributed by atoms with Crippen molar-refractivity contribution in [1.82, 2.24) is 9.13 Å². The maximum absolute atomic E-state index is 2.49. The normalized spacial score (nSPS) is 13.0. The fraction of sp³-hybridized carbons (Fsp3) is 0. The molecular formula is C50H33BN4. The highest BCUT2D eigenvalue weighted by Crippen LogP contribution is 2.46. The van der Waals surface area contributed by atoms with Crippen LogP contribution in [0, 0.1) is 0 Å². The largest absolute Gasteiger partial charge is 0.316 e. The van der Waals surface area contributed by atoms with Gasteiger partial charge in [-0.05, 0) is 107 Å². The van der Waals surface area contributed by atoms with Gasteiger partial charge in [-0.2, -0.15) is 0 Å². The van der Waals surface area contributed by atoms with Crippen LogP contribution in [-0.4, -0.2) is 15.8 Å². The summed E-state index contributed by atoms with van der Waals surface area (Å²) in [7, 11) is 0. The van der Waals surface area contributed by atoms with Crippen LogP contribution < -0.4 is 26.2 Å². The van der Waals surface area contributed by atoms with Gasteiger partial charge in [-0.1, -0.05) is 109 Å². The summed E-state index contributed by atoms with van der Waals surface area (Å²) in [6.07, 6.45) is 2.21. The Bertz CT molecular complexity index is 3050. The molecule has 0 amide bonds. The molecule has 0 bridgehead atoms. The third-order valence-corrected chi connectivity index (χ3v) is 11.7. The first kappa shape index (κ1) is 30.2. The van der Waals surface area contributed by atoms with Gasteiger partial charge in [0.05, 0.1) is 16.6 Å². The second kappa shape index (κ2) is 11.6. The summed E-state index contributed by atoms with van der Waals surface area (Å²) in [5.74, 6) is 0. The molecule has 8 aromatic carbocycles. The lowest BCUT2D eigenvalue weighted by atomic mass is 9.33. The van der Waals surface area contributed by atoms with Crippen molar-refractivity contribution in [2.75, 3.05) is 9.80 Å². The minimum atomic E-state index is -0.000350. The maximum atomic E-state index is 2.49. The van der Waals surface area contributed by atoms with E-state index >= 15 is 0 Å². The Kier molecular flexibility index (Phi) is 6.40. The van der Waals surface area contributed by atoms with E-state index in [1.807, 2.05) is 0 Å². The highest BCUT2D eigenvalue weighted by molar-refractivity contribution is 7.00. The number of benzene rings is 8. The topological polar surface area (TPSA) is 16.3 Å². The Balaban J connectivity index is 1.20. The van der Waals surface area contributed by atoms with Crippen molar-refractivity contribution in [2.24, 2.45) is 0 Å². The predicted molar refractivity (Wildman–Crippen MR) is 232 cm³/mol. The second-order valence-corrected chi connectivity index (χ2v) is 14.6. The third-order valence-electron chi connectivity index (χ3n) is 11.7. The van der Waals surface area contributed by atoms with Crippen molar-refractivity contribution in [3.05, 3.63) is 200 Å². The van der Waals surface area contributed by atoms with E-state index in [0.717, 1.165) is 22.7 Å². The Morgan fingerprint density at radius 2 is 0.891 bits per heavy atom. The molecule has 12 rings (SSSR count). The lowest BCUT2D eigenvalue weighted by Gasteiger charge is -2.44. The lowest BCUT2D eigenvalue weighted by molar-refractivity contribution is 1.12. The van der Waals surface area contributed by atoms with E-state index in [9.17, 15) is 0 Å². The summed E-state index contributed by atoms with van der Waals surface area (Å²) < 4.78 is 4.79. The Hall–Kier alpha value is -7.24. The first-order valence-corrected chi connectivity index (χ1v) is 19.0. The molecule has 2 aromatic heterocycles. The van der Waals surface area contributed by atoms with Gasteiger partial charge in [-0.25, -0.2) is 0 Å². The molecule has 4 nitrogen and oxygen atoms in total. The number of nitrogens with zero attached hydrogens (tertiary/aromatic N) is 4. The van der Waals surface area contributed by atoms with Crippen molar-refractivity contribution < 1.29 is 0 Å². The number of fused-ring (bicyclic) bond motifs is 8. The predicted octanol–water partition coefficient (Wildman–Crippen LogP) is 10.8. The van der Waals surface area contributed by atoms with Crippen molar-refractivity contribution in [1.29, 1.82) is 0 Å². The standard InChI is InChI=1S/C50H33BN4/c1-3-16-35(17-4-1)53-46-26-14-10-22-41(46)51-42-31-37(55-44-24-12-8-20-39(44)40-21-9-13-25-45(40)55)27-28-47(42)54(36-18-5-2-6-19-36)49-33-38(32-48(53)50(49)51)52-30-29-34-15-7-11-23-43(34)52/h1-33H. The molecule has 10 aromatic rings. The zero-order valence-corrected chi connectivity index (χ0v) is 29.9. The number of aromatic nitrogens is 2. The van der Waals surface area contributed by atoms with E-state index in [-0.39, 0.29) is 6.71 Å². The molecule has 0 atom stereocenters. The third kappa shape index (κ3) is 4.35. The second-order valence-electron chi connectivity index (χ2n) is 14.6. The number of anilines is 6. The first-order valence-electron chi connectivity index (χ1n) is 19.0. The number of hydrogen-bond acceptors (Lipinski definition) is 2. The van der Waals surface area contributed by atoms with Gasteiger partial charge in [0.15, 0.2) is 0 Å². The van der Waals surface area contributed by atoms with Crippen LogP contribution in [-0.2, 0) is 0 Å². The Labute approximate surface area is 319 Å². The fourth-order valence-corrected chi connectivity index (χ4v) is 9.42. The average Bonchev–Trinajstić information content (AvgIpc) is 3.84. The molecule has 4 heterocycles.